The van der Waals surface area contributed by atoms with Crippen molar-refractivity contribution in [2.75, 3.05) is 13.1 Å². The highest BCUT2D eigenvalue weighted by Crippen LogP contribution is 2.41. The van der Waals surface area contributed by atoms with Crippen LogP contribution < -0.4 is 0 Å². The topological polar surface area (TPSA) is 6.48 Å². The van der Waals surface area contributed by atoms with Crippen molar-refractivity contribution in [2.24, 2.45) is 0 Å². The van der Waals surface area contributed by atoms with E-state index in [4.69, 9.17) is 0 Å². The number of hydrogen-bond acceptors (Lipinski definition) is 2. The first-order valence-electron chi connectivity index (χ1n) is 7.93. The fraction of sp³-hybridized carbons (Fsp3) is 1.00. The van der Waals surface area contributed by atoms with Gasteiger partial charge in [0, 0.05) is 24.2 Å². The summed E-state index contributed by atoms with van der Waals surface area (Å²) in [5.74, 6) is 0. The van der Waals surface area contributed by atoms with Crippen molar-refractivity contribution < 1.29 is 0 Å². The summed E-state index contributed by atoms with van der Waals surface area (Å²) in [7, 11) is 0. The molecule has 96 valence electrons. The van der Waals surface area contributed by atoms with Crippen molar-refractivity contribution in [3.05, 3.63) is 0 Å². The molecule has 4 atom stereocenters. The summed E-state index contributed by atoms with van der Waals surface area (Å²) >= 11 is 0. The Balaban J connectivity index is 1.56. The number of piperidine rings is 4. The Morgan fingerprint density at radius 3 is 1.53 bits per heavy atom. The second kappa shape index (κ2) is 4.24. The molecule has 0 radical (unpaired) electrons. The van der Waals surface area contributed by atoms with Crippen molar-refractivity contribution in [3.8, 4) is 0 Å². The zero-order valence-electron chi connectivity index (χ0n) is 11.0. The van der Waals surface area contributed by atoms with Gasteiger partial charge < -0.3 is 0 Å². The summed E-state index contributed by atoms with van der Waals surface area (Å²) in [6, 6.07) is 3.82. The van der Waals surface area contributed by atoms with E-state index in [0.717, 1.165) is 24.2 Å². The Bertz CT molecular complexity index is 263. The first kappa shape index (κ1) is 10.8. The van der Waals surface area contributed by atoms with Crippen LogP contribution in [0.3, 0.4) is 0 Å². The lowest BCUT2D eigenvalue weighted by molar-refractivity contribution is -0.0709. The minimum Gasteiger partial charge on any atom is -0.297 e. The molecule has 4 aliphatic rings. The maximum atomic E-state index is 2.91. The fourth-order valence-electron chi connectivity index (χ4n) is 5.19. The van der Waals surface area contributed by atoms with Gasteiger partial charge in [-0.15, -0.1) is 0 Å². The second-order valence-corrected chi connectivity index (χ2v) is 6.79. The minimum absolute atomic E-state index is 0.954. The van der Waals surface area contributed by atoms with Gasteiger partial charge in [0.15, 0.2) is 0 Å². The molecule has 2 heteroatoms. The van der Waals surface area contributed by atoms with E-state index in [0.29, 0.717) is 0 Å². The number of hydrogen-bond donors (Lipinski definition) is 0. The molecular formula is C15H26N2. The van der Waals surface area contributed by atoms with Gasteiger partial charge in [0.25, 0.3) is 0 Å². The van der Waals surface area contributed by atoms with Crippen LogP contribution in [-0.2, 0) is 0 Å². The summed E-state index contributed by atoms with van der Waals surface area (Å²) in [5, 5.41) is 0. The molecule has 0 amide bonds. The molecule has 4 rings (SSSR count). The molecule has 0 aliphatic carbocycles. The molecule has 2 bridgehead atoms. The van der Waals surface area contributed by atoms with Crippen molar-refractivity contribution in [3.63, 3.8) is 0 Å². The van der Waals surface area contributed by atoms with Crippen LogP contribution in [0.5, 0.6) is 0 Å². The van der Waals surface area contributed by atoms with Gasteiger partial charge in [0.05, 0.1) is 0 Å². The minimum atomic E-state index is 0.954. The third-order valence-corrected chi connectivity index (χ3v) is 5.92. The van der Waals surface area contributed by atoms with E-state index in [2.05, 4.69) is 9.80 Å². The monoisotopic (exact) mass is 234 g/mol. The molecule has 0 saturated carbocycles. The Morgan fingerprint density at radius 1 is 0.529 bits per heavy atom. The van der Waals surface area contributed by atoms with E-state index in [-0.39, 0.29) is 0 Å². The number of fused-ring (bicyclic) bond motifs is 6. The standard InChI is InChI=1S/C15H26N2/c1-3-7-16-12(5-1)9-14-11-15(16)10-13-6-2-4-8-17(13)14/h12-15H,1-11H2. The van der Waals surface area contributed by atoms with Gasteiger partial charge in [-0.1, -0.05) is 12.8 Å². The van der Waals surface area contributed by atoms with Crippen LogP contribution in [0.2, 0.25) is 0 Å². The van der Waals surface area contributed by atoms with Crippen LogP contribution >= 0.6 is 0 Å². The average Bonchev–Trinajstić information content (AvgIpc) is 2.39. The van der Waals surface area contributed by atoms with Crippen LogP contribution in [0, 0.1) is 0 Å². The molecule has 4 aliphatic heterocycles. The van der Waals surface area contributed by atoms with Crippen LogP contribution in [0.1, 0.15) is 57.8 Å². The van der Waals surface area contributed by atoms with E-state index in [1.165, 1.54) is 70.9 Å². The Labute approximate surface area is 105 Å². The zero-order chi connectivity index (χ0) is 11.2. The molecule has 4 unspecified atom stereocenters. The zero-order valence-corrected chi connectivity index (χ0v) is 11.0. The maximum Gasteiger partial charge on any atom is 0.0128 e. The number of rotatable bonds is 0. The lowest BCUT2D eigenvalue weighted by atomic mass is 9.77. The Morgan fingerprint density at radius 2 is 1.00 bits per heavy atom. The molecule has 2 nitrogen and oxygen atoms in total. The molecule has 0 aromatic rings. The summed E-state index contributed by atoms with van der Waals surface area (Å²) < 4.78 is 0. The van der Waals surface area contributed by atoms with Crippen molar-refractivity contribution >= 4 is 0 Å². The van der Waals surface area contributed by atoms with Crippen molar-refractivity contribution in [1.29, 1.82) is 0 Å². The van der Waals surface area contributed by atoms with Crippen molar-refractivity contribution in [2.45, 2.75) is 82.0 Å². The van der Waals surface area contributed by atoms with Gasteiger partial charge in [0.1, 0.15) is 0 Å². The van der Waals surface area contributed by atoms with Gasteiger partial charge in [-0.3, -0.25) is 9.80 Å². The Hall–Kier alpha value is -0.0800. The third-order valence-electron chi connectivity index (χ3n) is 5.92. The van der Waals surface area contributed by atoms with E-state index >= 15 is 0 Å². The molecule has 4 saturated heterocycles. The molecule has 0 aromatic heterocycles. The predicted molar refractivity (Wildman–Crippen MR) is 70.1 cm³/mol. The lowest BCUT2D eigenvalue weighted by Gasteiger charge is -2.57. The summed E-state index contributed by atoms with van der Waals surface area (Å²) in [5.41, 5.74) is 0. The van der Waals surface area contributed by atoms with Crippen molar-refractivity contribution in [1.82, 2.24) is 9.80 Å². The highest BCUT2D eigenvalue weighted by atomic mass is 15.3. The number of nitrogens with zero attached hydrogens (tertiary/aromatic N) is 2. The summed E-state index contributed by atoms with van der Waals surface area (Å²) in [4.78, 5) is 5.82. The van der Waals surface area contributed by atoms with E-state index in [1.807, 2.05) is 0 Å². The average molecular weight is 234 g/mol. The quantitative estimate of drug-likeness (QED) is 0.636. The summed E-state index contributed by atoms with van der Waals surface area (Å²) in [6.07, 6.45) is 13.4. The smallest absolute Gasteiger partial charge is 0.0128 e. The fourth-order valence-corrected chi connectivity index (χ4v) is 5.19. The molecule has 17 heavy (non-hydrogen) atoms. The summed E-state index contributed by atoms with van der Waals surface area (Å²) in [6.45, 7) is 2.82. The molecule has 4 heterocycles. The first-order chi connectivity index (χ1) is 8.42. The van der Waals surface area contributed by atoms with Gasteiger partial charge in [-0.2, -0.15) is 0 Å². The first-order valence-corrected chi connectivity index (χ1v) is 7.93. The normalized spacial score (nSPS) is 47.3. The predicted octanol–water partition coefficient (Wildman–Crippen LogP) is 2.63. The van der Waals surface area contributed by atoms with Gasteiger partial charge in [-0.25, -0.2) is 0 Å². The maximum absolute atomic E-state index is 2.91. The van der Waals surface area contributed by atoms with E-state index in [9.17, 15) is 0 Å². The largest absolute Gasteiger partial charge is 0.297 e. The molecule has 4 fully saturated rings. The van der Waals surface area contributed by atoms with E-state index < -0.39 is 0 Å². The lowest BCUT2D eigenvalue weighted by Crippen LogP contribution is -2.64. The van der Waals surface area contributed by atoms with Crippen LogP contribution in [-0.4, -0.2) is 47.1 Å². The van der Waals surface area contributed by atoms with Gasteiger partial charge in [-0.05, 0) is 58.0 Å². The van der Waals surface area contributed by atoms with Gasteiger partial charge >= 0.3 is 0 Å². The second-order valence-electron chi connectivity index (χ2n) is 6.79. The Kier molecular flexibility index (Phi) is 2.69. The van der Waals surface area contributed by atoms with Crippen LogP contribution in [0.25, 0.3) is 0 Å². The van der Waals surface area contributed by atoms with Crippen LogP contribution in [0.15, 0.2) is 0 Å². The third kappa shape index (κ3) is 1.76. The SMILES string of the molecule is C1CCN2C(C1)CC1CC2CC2CCCCN21. The molecule has 0 N–H and O–H groups in total. The highest BCUT2D eigenvalue weighted by Gasteiger charge is 2.45. The van der Waals surface area contributed by atoms with Crippen LogP contribution in [0.4, 0.5) is 0 Å². The van der Waals surface area contributed by atoms with Gasteiger partial charge in [0.2, 0.25) is 0 Å². The molecule has 0 aromatic carbocycles. The molecular weight excluding hydrogens is 208 g/mol. The van der Waals surface area contributed by atoms with E-state index in [1.54, 1.807) is 0 Å². The molecule has 0 spiro atoms. The highest BCUT2D eigenvalue weighted by molar-refractivity contribution is 5.01.